The zero-order valence-corrected chi connectivity index (χ0v) is 15.0. The van der Waals surface area contributed by atoms with Crippen molar-refractivity contribution in [1.82, 2.24) is 10.2 Å². The van der Waals surface area contributed by atoms with Gasteiger partial charge in [0.15, 0.2) is 0 Å². The lowest BCUT2D eigenvalue weighted by atomic mass is 9.95. The summed E-state index contributed by atoms with van der Waals surface area (Å²) in [6.07, 6.45) is 1.38. The molecule has 1 aromatic rings. The first-order valence-electron chi connectivity index (χ1n) is 8.30. The van der Waals surface area contributed by atoms with Crippen molar-refractivity contribution in [3.8, 4) is 0 Å². The van der Waals surface area contributed by atoms with E-state index in [9.17, 15) is 9.59 Å². The number of carbonyl (C=O) groups excluding carboxylic acids is 2. The molecule has 1 atom stereocenters. The number of benzene rings is 1. The van der Waals surface area contributed by atoms with Gasteiger partial charge in [-0.1, -0.05) is 12.1 Å². The number of morpholine rings is 1. The molecule has 2 heterocycles. The minimum Gasteiger partial charge on any atom is -0.378 e. The van der Waals surface area contributed by atoms with Gasteiger partial charge in [-0.05, 0) is 40.9 Å². The third-order valence-corrected chi connectivity index (χ3v) is 5.22. The van der Waals surface area contributed by atoms with Crippen molar-refractivity contribution in [3.63, 3.8) is 0 Å². The number of nitrogens with one attached hydrogen (secondary N) is 2. The van der Waals surface area contributed by atoms with E-state index in [1.807, 2.05) is 29.2 Å². The van der Waals surface area contributed by atoms with Crippen molar-refractivity contribution in [1.29, 1.82) is 0 Å². The number of amides is 2. The van der Waals surface area contributed by atoms with Gasteiger partial charge in [-0.3, -0.25) is 9.59 Å². The van der Waals surface area contributed by atoms with Crippen molar-refractivity contribution in [2.24, 2.45) is 5.92 Å². The number of likely N-dealkylation sites (tertiary alicyclic amines) is 1. The third kappa shape index (κ3) is 4.15. The van der Waals surface area contributed by atoms with Crippen molar-refractivity contribution in [2.45, 2.75) is 18.9 Å². The standard InChI is InChI=1S/C17H22BrN3O3/c18-13-3-1-2-4-14(13)20-16(22)12-5-8-21(9-6-12)17(23)15-11-24-10-7-19-15/h1-4,12,15,19H,5-11H2,(H,20,22). The summed E-state index contributed by atoms with van der Waals surface area (Å²) in [7, 11) is 0. The molecule has 130 valence electrons. The molecular weight excluding hydrogens is 374 g/mol. The fourth-order valence-electron chi connectivity index (χ4n) is 3.10. The molecule has 0 aromatic heterocycles. The van der Waals surface area contributed by atoms with Gasteiger partial charge in [0.2, 0.25) is 11.8 Å². The summed E-state index contributed by atoms with van der Waals surface area (Å²) < 4.78 is 6.22. The molecule has 7 heteroatoms. The Morgan fingerprint density at radius 2 is 2.00 bits per heavy atom. The first-order valence-corrected chi connectivity index (χ1v) is 9.10. The number of carbonyl (C=O) groups is 2. The normalized spacial score (nSPS) is 22.2. The highest BCUT2D eigenvalue weighted by molar-refractivity contribution is 9.10. The van der Waals surface area contributed by atoms with Crippen LogP contribution >= 0.6 is 15.9 Å². The highest BCUT2D eigenvalue weighted by Crippen LogP contribution is 2.24. The van der Waals surface area contributed by atoms with Crippen LogP contribution in [-0.4, -0.2) is 55.6 Å². The van der Waals surface area contributed by atoms with Gasteiger partial charge in [0, 0.05) is 30.0 Å². The molecule has 1 aromatic carbocycles. The molecule has 3 rings (SSSR count). The zero-order chi connectivity index (χ0) is 16.9. The quantitative estimate of drug-likeness (QED) is 0.815. The minimum absolute atomic E-state index is 0.0214. The summed E-state index contributed by atoms with van der Waals surface area (Å²) in [5.74, 6) is 0.0456. The Kier molecular flexibility index (Phi) is 5.86. The van der Waals surface area contributed by atoms with Gasteiger partial charge in [-0.25, -0.2) is 0 Å². The first kappa shape index (κ1) is 17.4. The van der Waals surface area contributed by atoms with E-state index in [1.54, 1.807) is 0 Å². The van der Waals surface area contributed by atoms with E-state index in [0.29, 0.717) is 45.7 Å². The number of hydrogen-bond donors (Lipinski definition) is 2. The first-order chi connectivity index (χ1) is 11.6. The monoisotopic (exact) mass is 395 g/mol. The Morgan fingerprint density at radius 1 is 1.25 bits per heavy atom. The van der Waals surface area contributed by atoms with E-state index in [1.165, 1.54) is 0 Å². The third-order valence-electron chi connectivity index (χ3n) is 4.53. The molecule has 0 bridgehead atoms. The zero-order valence-electron chi connectivity index (χ0n) is 13.5. The fourth-order valence-corrected chi connectivity index (χ4v) is 3.49. The second-order valence-corrected chi connectivity index (χ2v) is 7.00. The fraction of sp³-hybridized carbons (Fsp3) is 0.529. The molecule has 6 nitrogen and oxygen atoms in total. The van der Waals surface area contributed by atoms with Crippen LogP contribution in [0.4, 0.5) is 5.69 Å². The predicted molar refractivity (Wildman–Crippen MR) is 94.7 cm³/mol. The van der Waals surface area contributed by atoms with Crippen LogP contribution in [0.3, 0.4) is 0 Å². The van der Waals surface area contributed by atoms with Crippen LogP contribution in [0, 0.1) is 5.92 Å². The smallest absolute Gasteiger partial charge is 0.242 e. The van der Waals surface area contributed by atoms with Crippen LogP contribution in [-0.2, 0) is 14.3 Å². The van der Waals surface area contributed by atoms with Crippen molar-refractivity contribution in [3.05, 3.63) is 28.7 Å². The number of hydrogen-bond acceptors (Lipinski definition) is 4. The number of piperidine rings is 1. The average molecular weight is 396 g/mol. The summed E-state index contributed by atoms with van der Waals surface area (Å²) in [6.45, 7) is 3.03. The van der Waals surface area contributed by atoms with E-state index in [0.717, 1.165) is 10.2 Å². The maximum Gasteiger partial charge on any atom is 0.242 e. The summed E-state index contributed by atoms with van der Waals surface area (Å²) >= 11 is 3.44. The van der Waals surface area contributed by atoms with E-state index in [2.05, 4.69) is 26.6 Å². The second-order valence-electron chi connectivity index (χ2n) is 6.15. The summed E-state index contributed by atoms with van der Waals surface area (Å²) in [4.78, 5) is 26.7. The Morgan fingerprint density at radius 3 is 2.67 bits per heavy atom. The lowest BCUT2D eigenvalue weighted by molar-refractivity contribution is -0.139. The van der Waals surface area contributed by atoms with Crippen molar-refractivity contribution < 1.29 is 14.3 Å². The SMILES string of the molecule is O=C(Nc1ccccc1Br)C1CCN(C(=O)C2COCCN2)CC1. The van der Waals surface area contributed by atoms with Crippen molar-refractivity contribution in [2.75, 3.05) is 38.2 Å². The largest absolute Gasteiger partial charge is 0.378 e. The van der Waals surface area contributed by atoms with Crippen LogP contribution in [0.5, 0.6) is 0 Å². The second kappa shape index (κ2) is 8.09. The molecule has 2 saturated heterocycles. The van der Waals surface area contributed by atoms with E-state index in [-0.39, 0.29) is 23.8 Å². The average Bonchev–Trinajstić information content (AvgIpc) is 2.64. The molecule has 0 saturated carbocycles. The summed E-state index contributed by atoms with van der Waals surface area (Å²) in [5.41, 5.74) is 0.782. The molecule has 2 aliphatic heterocycles. The van der Waals surface area contributed by atoms with Gasteiger partial charge in [0.05, 0.1) is 18.9 Å². The summed E-state index contributed by atoms with van der Waals surface area (Å²) in [6, 6.07) is 7.32. The van der Waals surface area contributed by atoms with Crippen LogP contribution in [0.25, 0.3) is 0 Å². The van der Waals surface area contributed by atoms with Crippen molar-refractivity contribution >= 4 is 33.4 Å². The molecule has 2 amide bonds. The number of nitrogens with zero attached hydrogens (tertiary/aromatic N) is 1. The van der Waals surface area contributed by atoms with Gasteiger partial charge in [-0.2, -0.15) is 0 Å². The van der Waals surface area contributed by atoms with Gasteiger partial charge in [0.25, 0.3) is 0 Å². The molecule has 0 aliphatic carbocycles. The molecule has 1 unspecified atom stereocenters. The topological polar surface area (TPSA) is 70.7 Å². The number of halogens is 1. The minimum atomic E-state index is -0.246. The Balaban J connectivity index is 1.50. The van der Waals surface area contributed by atoms with Gasteiger partial charge in [0.1, 0.15) is 6.04 Å². The summed E-state index contributed by atoms with van der Waals surface area (Å²) in [5, 5.41) is 6.15. The van der Waals surface area contributed by atoms with E-state index in [4.69, 9.17) is 4.74 Å². The number of para-hydroxylation sites is 1. The maximum absolute atomic E-state index is 12.4. The van der Waals surface area contributed by atoms with Gasteiger partial charge < -0.3 is 20.3 Å². The Labute approximate surface area is 150 Å². The van der Waals surface area contributed by atoms with Crippen LogP contribution in [0.2, 0.25) is 0 Å². The number of rotatable bonds is 3. The van der Waals surface area contributed by atoms with Crippen LogP contribution in [0.15, 0.2) is 28.7 Å². The molecular formula is C17H22BrN3O3. The molecule has 24 heavy (non-hydrogen) atoms. The molecule has 0 spiro atoms. The molecule has 2 aliphatic rings. The lowest BCUT2D eigenvalue weighted by Gasteiger charge is -2.35. The molecule has 0 radical (unpaired) electrons. The number of anilines is 1. The predicted octanol–water partition coefficient (Wildman–Crippen LogP) is 1.61. The highest BCUT2D eigenvalue weighted by atomic mass is 79.9. The maximum atomic E-state index is 12.4. The van der Waals surface area contributed by atoms with Gasteiger partial charge in [-0.15, -0.1) is 0 Å². The number of ether oxygens (including phenoxy) is 1. The van der Waals surface area contributed by atoms with Gasteiger partial charge >= 0.3 is 0 Å². The van der Waals surface area contributed by atoms with E-state index < -0.39 is 0 Å². The van der Waals surface area contributed by atoms with Crippen LogP contribution < -0.4 is 10.6 Å². The Bertz CT molecular complexity index is 596. The highest BCUT2D eigenvalue weighted by Gasteiger charge is 2.31. The van der Waals surface area contributed by atoms with Crippen LogP contribution in [0.1, 0.15) is 12.8 Å². The molecule has 2 N–H and O–H groups in total. The van der Waals surface area contributed by atoms with E-state index >= 15 is 0 Å². The lowest BCUT2D eigenvalue weighted by Crippen LogP contribution is -2.54. The Hall–Kier alpha value is -1.44. The molecule has 2 fully saturated rings.